The quantitative estimate of drug-likeness (QED) is 0.681. The molecule has 0 spiro atoms. The predicted octanol–water partition coefficient (Wildman–Crippen LogP) is 2.96. The van der Waals surface area contributed by atoms with Gasteiger partial charge in [-0.25, -0.2) is 0 Å². The van der Waals surface area contributed by atoms with E-state index in [4.69, 9.17) is 0 Å². The highest BCUT2D eigenvalue weighted by molar-refractivity contribution is 6.04. The van der Waals surface area contributed by atoms with E-state index in [-0.39, 0.29) is 30.2 Å². The fourth-order valence-corrected chi connectivity index (χ4v) is 6.05. The van der Waals surface area contributed by atoms with Crippen LogP contribution >= 0.6 is 0 Å². The second-order valence-corrected chi connectivity index (χ2v) is 10.9. The van der Waals surface area contributed by atoms with Gasteiger partial charge in [0, 0.05) is 31.1 Å². The molecule has 3 fully saturated rings. The first-order valence-corrected chi connectivity index (χ1v) is 12.1. The Hall–Kier alpha value is -2.77. The summed E-state index contributed by atoms with van der Waals surface area (Å²) in [5.41, 5.74) is 1.34. The van der Waals surface area contributed by atoms with Crippen molar-refractivity contribution in [2.24, 2.45) is 17.3 Å². The molecule has 0 unspecified atom stereocenters. The van der Waals surface area contributed by atoms with Crippen LogP contribution in [0.5, 0.6) is 0 Å². The van der Waals surface area contributed by atoms with Crippen LogP contribution in [0.2, 0.25) is 0 Å². The molecule has 2 aliphatic carbocycles. The van der Waals surface area contributed by atoms with Gasteiger partial charge in [-0.15, -0.1) is 0 Å². The molecule has 0 aromatic carbocycles. The van der Waals surface area contributed by atoms with Gasteiger partial charge in [-0.1, -0.05) is 20.3 Å². The van der Waals surface area contributed by atoms with Crippen LogP contribution in [0.15, 0.2) is 18.5 Å². The molecule has 1 N–H and O–H groups in total. The molecule has 2 saturated carbocycles. The largest absolute Gasteiger partial charge is 0.354 e. The van der Waals surface area contributed by atoms with E-state index < -0.39 is 6.04 Å². The molecular weight excluding hydrogens is 418 g/mol. The normalized spacial score (nSPS) is 27.9. The van der Waals surface area contributed by atoms with Crippen molar-refractivity contribution in [3.05, 3.63) is 24.2 Å². The lowest BCUT2D eigenvalue weighted by atomic mass is 9.72. The van der Waals surface area contributed by atoms with Crippen LogP contribution in [0.4, 0.5) is 0 Å². The molecule has 1 saturated heterocycles. The first-order chi connectivity index (χ1) is 15.7. The van der Waals surface area contributed by atoms with Gasteiger partial charge in [0.1, 0.15) is 18.3 Å². The summed E-state index contributed by atoms with van der Waals surface area (Å²) >= 11 is 0. The fourth-order valence-electron chi connectivity index (χ4n) is 6.05. The zero-order valence-corrected chi connectivity index (χ0v) is 19.7. The van der Waals surface area contributed by atoms with Gasteiger partial charge in [-0.3, -0.25) is 24.0 Å². The van der Waals surface area contributed by atoms with Crippen molar-refractivity contribution >= 4 is 28.5 Å². The van der Waals surface area contributed by atoms with E-state index in [0.29, 0.717) is 40.4 Å². The molecule has 176 valence electrons. The average Bonchev–Trinajstić information content (AvgIpc) is 3.27. The number of rotatable bonds is 6. The minimum Gasteiger partial charge on any atom is -0.354 e. The lowest BCUT2D eigenvalue weighted by molar-refractivity contribution is -0.140. The standard InChI is InChI=1S/C25H33N5O3/c1-15(31)23-18-6-8-26-13-21(18)29(28-23)14-22(32)30-19-9-17(19)10-20(30)24(33)27-12-16-5-4-7-25(2,3)11-16/h6,8,13,16-17,19-20H,4-5,7,9-12,14H2,1-3H3,(H,27,33)/t16-,17+,19+,20-/m0/s1. The fraction of sp³-hybridized carbons (Fsp3) is 0.640. The summed E-state index contributed by atoms with van der Waals surface area (Å²) in [4.78, 5) is 44.4. The smallest absolute Gasteiger partial charge is 0.245 e. The summed E-state index contributed by atoms with van der Waals surface area (Å²) in [5, 5.41) is 8.25. The number of hydrogen-bond acceptors (Lipinski definition) is 5. The molecule has 3 heterocycles. The predicted molar refractivity (Wildman–Crippen MR) is 123 cm³/mol. The first-order valence-electron chi connectivity index (χ1n) is 12.1. The molecule has 2 aromatic heterocycles. The van der Waals surface area contributed by atoms with E-state index >= 15 is 0 Å². The maximum absolute atomic E-state index is 13.4. The molecule has 5 rings (SSSR count). The highest BCUT2D eigenvalue weighted by atomic mass is 16.2. The second kappa shape index (κ2) is 8.22. The van der Waals surface area contributed by atoms with Gasteiger partial charge in [-0.05, 0) is 55.4 Å². The lowest BCUT2D eigenvalue weighted by Gasteiger charge is -2.35. The number of nitrogens with one attached hydrogen (secondary N) is 1. The van der Waals surface area contributed by atoms with Crippen molar-refractivity contribution in [2.75, 3.05) is 6.54 Å². The van der Waals surface area contributed by atoms with Gasteiger partial charge in [-0.2, -0.15) is 5.10 Å². The van der Waals surface area contributed by atoms with Crippen molar-refractivity contribution in [3.63, 3.8) is 0 Å². The average molecular weight is 452 g/mol. The highest BCUT2D eigenvalue weighted by Crippen LogP contribution is 2.48. The molecule has 0 bridgehead atoms. The van der Waals surface area contributed by atoms with E-state index in [1.807, 2.05) is 0 Å². The van der Waals surface area contributed by atoms with Crippen molar-refractivity contribution in [2.45, 2.75) is 77.9 Å². The van der Waals surface area contributed by atoms with Gasteiger partial charge in [0.05, 0.1) is 11.7 Å². The second-order valence-electron chi connectivity index (χ2n) is 10.9. The van der Waals surface area contributed by atoms with Crippen molar-refractivity contribution in [1.29, 1.82) is 0 Å². The van der Waals surface area contributed by atoms with Crippen LogP contribution in [-0.4, -0.2) is 55.9 Å². The molecule has 1 aliphatic heterocycles. The number of carbonyl (C=O) groups excluding carboxylic acids is 3. The third-order valence-electron chi connectivity index (χ3n) is 7.74. The Morgan fingerprint density at radius 3 is 2.82 bits per heavy atom. The lowest BCUT2D eigenvalue weighted by Crippen LogP contribution is -2.50. The maximum atomic E-state index is 13.4. The maximum Gasteiger partial charge on any atom is 0.245 e. The third-order valence-corrected chi connectivity index (χ3v) is 7.74. The van der Waals surface area contributed by atoms with Crippen LogP contribution in [0, 0.1) is 17.3 Å². The number of likely N-dealkylation sites (tertiary alicyclic amines) is 1. The molecule has 4 atom stereocenters. The zero-order chi connectivity index (χ0) is 23.3. The van der Waals surface area contributed by atoms with Crippen molar-refractivity contribution in [3.8, 4) is 0 Å². The molecule has 2 amide bonds. The van der Waals surface area contributed by atoms with Crippen LogP contribution in [-0.2, 0) is 16.1 Å². The minimum atomic E-state index is -0.412. The van der Waals surface area contributed by atoms with Gasteiger partial charge >= 0.3 is 0 Å². The summed E-state index contributed by atoms with van der Waals surface area (Å²) in [6.07, 6.45) is 9.68. The Morgan fingerprint density at radius 2 is 2.06 bits per heavy atom. The first kappa shape index (κ1) is 22.0. The summed E-state index contributed by atoms with van der Waals surface area (Å²) in [6, 6.07) is 1.48. The summed E-state index contributed by atoms with van der Waals surface area (Å²) in [7, 11) is 0. The van der Waals surface area contributed by atoms with E-state index in [2.05, 4.69) is 29.2 Å². The molecule has 8 heteroatoms. The highest BCUT2D eigenvalue weighted by Gasteiger charge is 2.56. The molecule has 3 aliphatic rings. The Bertz CT molecular complexity index is 1110. The van der Waals surface area contributed by atoms with E-state index in [0.717, 1.165) is 25.7 Å². The number of aromatic nitrogens is 3. The van der Waals surface area contributed by atoms with Gasteiger partial charge in [0.15, 0.2) is 5.78 Å². The molecule has 0 radical (unpaired) electrons. The summed E-state index contributed by atoms with van der Waals surface area (Å²) in [5.74, 6) is 0.620. The number of piperidine rings is 1. The van der Waals surface area contributed by atoms with Crippen LogP contribution in [0.25, 0.3) is 10.9 Å². The van der Waals surface area contributed by atoms with Crippen molar-refractivity contribution in [1.82, 2.24) is 25.0 Å². The van der Waals surface area contributed by atoms with Gasteiger partial charge in [0.2, 0.25) is 11.8 Å². The Balaban J connectivity index is 1.28. The molecule has 2 aromatic rings. The monoisotopic (exact) mass is 451 g/mol. The van der Waals surface area contributed by atoms with Crippen LogP contribution < -0.4 is 5.32 Å². The Morgan fingerprint density at radius 1 is 1.24 bits per heavy atom. The number of nitrogens with zero attached hydrogens (tertiary/aromatic N) is 4. The number of ketones is 1. The number of fused-ring (bicyclic) bond motifs is 2. The van der Waals surface area contributed by atoms with Gasteiger partial charge < -0.3 is 10.2 Å². The van der Waals surface area contributed by atoms with Crippen LogP contribution in [0.3, 0.4) is 0 Å². The minimum absolute atomic E-state index is 0.000707. The zero-order valence-electron chi connectivity index (χ0n) is 19.7. The third kappa shape index (κ3) is 4.27. The number of pyridine rings is 1. The summed E-state index contributed by atoms with van der Waals surface area (Å²) in [6.45, 7) is 6.76. The summed E-state index contributed by atoms with van der Waals surface area (Å²) < 4.78 is 1.55. The van der Waals surface area contributed by atoms with Crippen molar-refractivity contribution < 1.29 is 14.4 Å². The van der Waals surface area contributed by atoms with Crippen LogP contribution in [0.1, 0.15) is 69.8 Å². The van der Waals surface area contributed by atoms with E-state index in [9.17, 15) is 14.4 Å². The number of carbonyl (C=O) groups is 3. The Labute approximate surface area is 194 Å². The topological polar surface area (TPSA) is 97.2 Å². The SMILES string of the molecule is CC(=O)c1nn(CC(=O)N2[C@@H]3C[C@@H]3C[C@H]2C(=O)NC[C@H]2CCCC(C)(C)C2)c2cnccc12. The molecule has 33 heavy (non-hydrogen) atoms. The number of amides is 2. The Kier molecular flexibility index (Phi) is 5.49. The molecular formula is C25H33N5O3. The van der Waals surface area contributed by atoms with E-state index in [1.54, 1.807) is 28.0 Å². The van der Waals surface area contributed by atoms with Gasteiger partial charge in [0.25, 0.3) is 0 Å². The number of hydrogen-bond donors (Lipinski definition) is 1. The molecule has 8 nitrogen and oxygen atoms in total. The number of Topliss-reactive ketones (excluding diaryl/α,β-unsaturated/α-hetero) is 1. The van der Waals surface area contributed by atoms with E-state index in [1.165, 1.54) is 19.8 Å².